The minimum atomic E-state index is -0.0283. The summed E-state index contributed by atoms with van der Waals surface area (Å²) in [7, 11) is 0. The second-order valence-corrected chi connectivity index (χ2v) is 4.68. The van der Waals surface area contributed by atoms with Gasteiger partial charge in [-0.1, -0.05) is 53.4 Å². The lowest BCUT2D eigenvalue weighted by Gasteiger charge is -2.37. The van der Waals surface area contributed by atoms with E-state index >= 15 is 0 Å². The topological polar surface area (TPSA) is 17.1 Å². The molecule has 1 nitrogen and oxygen atoms in total. The van der Waals surface area contributed by atoms with Gasteiger partial charge in [0, 0.05) is 5.41 Å². The number of ketones is 1. The van der Waals surface area contributed by atoms with Crippen LogP contribution in [0.25, 0.3) is 0 Å². The summed E-state index contributed by atoms with van der Waals surface area (Å²) < 4.78 is 0. The number of carbonyl (C=O) groups is 1. The van der Waals surface area contributed by atoms with Gasteiger partial charge in [0.15, 0.2) is 0 Å². The van der Waals surface area contributed by atoms with Gasteiger partial charge >= 0.3 is 0 Å². The van der Waals surface area contributed by atoms with Crippen LogP contribution < -0.4 is 0 Å². The third-order valence-corrected chi connectivity index (χ3v) is 4.08. The summed E-state index contributed by atoms with van der Waals surface area (Å²) in [6, 6.07) is 0. The van der Waals surface area contributed by atoms with Gasteiger partial charge in [-0.15, -0.1) is 0 Å². The summed E-state index contributed by atoms with van der Waals surface area (Å²) in [6.07, 6.45) is 6.73. The van der Waals surface area contributed by atoms with E-state index in [1.807, 2.05) is 0 Å². The molecule has 0 saturated carbocycles. The van der Waals surface area contributed by atoms with Gasteiger partial charge in [-0.2, -0.15) is 0 Å². The zero-order valence-corrected chi connectivity index (χ0v) is 11.2. The molecule has 0 N–H and O–H groups in total. The van der Waals surface area contributed by atoms with Crippen LogP contribution in [0.4, 0.5) is 0 Å². The van der Waals surface area contributed by atoms with E-state index in [4.69, 9.17) is 0 Å². The molecular formula is C14H28O. The van der Waals surface area contributed by atoms with Crippen LogP contribution in [0, 0.1) is 11.3 Å². The maximum atomic E-state index is 12.0. The van der Waals surface area contributed by atoms with Crippen LogP contribution in [-0.2, 0) is 4.79 Å². The molecule has 0 heterocycles. The molecule has 1 heteroatoms. The van der Waals surface area contributed by atoms with E-state index in [2.05, 4.69) is 27.7 Å². The second kappa shape index (κ2) is 7.03. The van der Waals surface area contributed by atoms with E-state index in [1.165, 1.54) is 12.8 Å². The predicted molar refractivity (Wildman–Crippen MR) is 67.0 cm³/mol. The van der Waals surface area contributed by atoms with Crippen molar-refractivity contribution < 1.29 is 4.79 Å². The lowest BCUT2D eigenvalue weighted by molar-refractivity contribution is -0.131. The van der Waals surface area contributed by atoms with E-state index in [-0.39, 0.29) is 5.41 Å². The Morgan fingerprint density at radius 2 is 1.67 bits per heavy atom. The summed E-state index contributed by atoms with van der Waals surface area (Å²) in [6.45, 7) is 10.6. The average molecular weight is 212 g/mol. The van der Waals surface area contributed by atoms with Crippen LogP contribution in [0.5, 0.6) is 0 Å². The third-order valence-electron chi connectivity index (χ3n) is 4.08. The molecule has 0 amide bonds. The molecule has 0 spiro atoms. The zero-order chi connectivity index (χ0) is 11.9. The van der Waals surface area contributed by atoms with Gasteiger partial charge in [0.2, 0.25) is 0 Å². The first-order chi connectivity index (χ1) is 7.08. The molecule has 0 aliphatic carbocycles. The van der Waals surface area contributed by atoms with E-state index in [0.717, 1.165) is 25.7 Å². The first-order valence-electron chi connectivity index (χ1n) is 6.59. The highest BCUT2D eigenvalue weighted by Gasteiger charge is 2.38. The summed E-state index contributed by atoms with van der Waals surface area (Å²) >= 11 is 0. The Hall–Kier alpha value is -0.330. The Morgan fingerprint density at radius 3 is 1.93 bits per heavy atom. The Balaban J connectivity index is 4.85. The van der Waals surface area contributed by atoms with Gasteiger partial charge in [-0.25, -0.2) is 0 Å². The Kier molecular flexibility index (Phi) is 6.87. The highest BCUT2D eigenvalue weighted by molar-refractivity contribution is 5.82. The summed E-state index contributed by atoms with van der Waals surface area (Å²) in [4.78, 5) is 12.0. The van der Waals surface area contributed by atoms with Gasteiger partial charge in [0.1, 0.15) is 5.78 Å². The van der Waals surface area contributed by atoms with Crippen molar-refractivity contribution in [3.8, 4) is 0 Å². The maximum absolute atomic E-state index is 12.0. The Morgan fingerprint density at radius 1 is 1.13 bits per heavy atom. The lowest BCUT2D eigenvalue weighted by atomic mass is 9.65. The smallest absolute Gasteiger partial charge is 0.136 e. The molecule has 0 aliphatic rings. The van der Waals surface area contributed by atoms with Crippen LogP contribution in [0.2, 0.25) is 0 Å². The fraction of sp³-hybridized carbons (Fsp3) is 0.929. The fourth-order valence-electron chi connectivity index (χ4n) is 2.94. The second-order valence-electron chi connectivity index (χ2n) is 4.68. The van der Waals surface area contributed by atoms with E-state index in [9.17, 15) is 4.79 Å². The quantitative estimate of drug-likeness (QED) is 0.574. The molecule has 90 valence electrons. The van der Waals surface area contributed by atoms with Crippen molar-refractivity contribution in [2.24, 2.45) is 11.3 Å². The van der Waals surface area contributed by atoms with Crippen molar-refractivity contribution in [3.63, 3.8) is 0 Å². The largest absolute Gasteiger partial charge is 0.299 e. The summed E-state index contributed by atoms with van der Waals surface area (Å²) in [5.74, 6) is 0.985. The summed E-state index contributed by atoms with van der Waals surface area (Å²) in [5, 5.41) is 0. The van der Waals surface area contributed by atoms with Crippen LogP contribution in [0.1, 0.15) is 73.1 Å². The highest BCUT2D eigenvalue weighted by atomic mass is 16.1. The Bertz CT molecular complexity index is 182. The molecule has 0 rings (SSSR count). The number of unbranched alkanes of at least 4 members (excludes halogenated alkanes) is 1. The van der Waals surface area contributed by atoms with Crippen LogP contribution in [0.3, 0.4) is 0 Å². The van der Waals surface area contributed by atoms with E-state index in [0.29, 0.717) is 11.7 Å². The molecule has 0 saturated heterocycles. The third kappa shape index (κ3) is 3.32. The van der Waals surface area contributed by atoms with Gasteiger partial charge in [-0.05, 0) is 25.7 Å². The number of carbonyl (C=O) groups excluding carboxylic acids is 1. The molecule has 0 radical (unpaired) electrons. The molecule has 0 bridgehead atoms. The summed E-state index contributed by atoms with van der Waals surface area (Å²) in [5.41, 5.74) is -0.0283. The van der Waals surface area contributed by atoms with Crippen molar-refractivity contribution in [3.05, 3.63) is 0 Å². The molecular weight excluding hydrogens is 184 g/mol. The lowest BCUT2D eigenvalue weighted by Crippen LogP contribution is -2.36. The molecule has 0 aromatic carbocycles. The molecule has 0 aromatic heterocycles. The maximum Gasteiger partial charge on any atom is 0.136 e. The van der Waals surface area contributed by atoms with Gasteiger partial charge in [0.05, 0.1) is 0 Å². The molecule has 1 unspecified atom stereocenters. The number of rotatable bonds is 8. The minimum absolute atomic E-state index is 0.0283. The molecule has 0 aromatic rings. The number of hydrogen-bond acceptors (Lipinski definition) is 1. The van der Waals surface area contributed by atoms with Crippen molar-refractivity contribution >= 4 is 5.78 Å². The van der Waals surface area contributed by atoms with Crippen molar-refractivity contribution in [1.29, 1.82) is 0 Å². The molecule has 0 fully saturated rings. The SMILES string of the molecule is CCCCC(CC)(C(C)=O)C(CC)CC. The van der Waals surface area contributed by atoms with E-state index in [1.54, 1.807) is 6.92 Å². The fourth-order valence-corrected chi connectivity index (χ4v) is 2.94. The van der Waals surface area contributed by atoms with Crippen LogP contribution >= 0.6 is 0 Å². The van der Waals surface area contributed by atoms with Crippen LogP contribution in [0.15, 0.2) is 0 Å². The number of Topliss-reactive ketones (excluding diaryl/α,β-unsaturated/α-hetero) is 1. The first kappa shape index (κ1) is 14.7. The minimum Gasteiger partial charge on any atom is -0.299 e. The highest BCUT2D eigenvalue weighted by Crippen LogP contribution is 2.41. The predicted octanol–water partition coefficient (Wildman–Crippen LogP) is 4.60. The number of hydrogen-bond donors (Lipinski definition) is 0. The molecule has 15 heavy (non-hydrogen) atoms. The van der Waals surface area contributed by atoms with Crippen molar-refractivity contribution in [2.45, 2.75) is 73.1 Å². The standard InChI is InChI=1S/C14H28O/c1-6-10-11-14(9-4,12(5)15)13(7-2)8-3/h13H,6-11H2,1-5H3. The van der Waals surface area contributed by atoms with Crippen LogP contribution in [-0.4, -0.2) is 5.78 Å². The van der Waals surface area contributed by atoms with Crippen molar-refractivity contribution in [1.82, 2.24) is 0 Å². The van der Waals surface area contributed by atoms with Gasteiger partial charge < -0.3 is 0 Å². The van der Waals surface area contributed by atoms with E-state index < -0.39 is 0 Å². The zero-order valence-electron chi connectivity index (χ0n) is 11.2. The molecule has 1 atom stereocenters. The monoisotopic (exact) mass is 212 g/mol. The average Bonchev–Trinajstić information content (AvgIpc) is 2.24. The van der Waals surface area contributed by atoms with Gasteiger partial charge in [0.25, 0.3) is 0 Å². The first-order valence-corrected chi connectivity index (χ1v) is 6.59. The normalized spacial score (nSPS) is 15.3. The van der Waals surface area contributed by atoms with Gasteiger partial charge in [-0.3, -0.25) is 4.79 Å². The Labute approximate surface area is 95.6 Å². The molecule has 0 aliphatic heterocycles. The van der Waals surface area contributed by atoms with Crippen molar-refractivity contribution in [2.75, 3.05) is 0 Å².